The van der Waals surface area contributed by atoms with Gasteiger partial charge in [-0.25, -0.2) is 4.98 Å². The van der Waals surface area contributed by atoms with Crippen LogP contribution in [0.2, 0.25) is 0 Å². The van der Waals surface area contributed by atoms with E-state index < -0.39 is 0 Å². The summed E-state index contributed by atoms with van der Waals surface area (Å²) in [6.45, 7) is 1.12. The van der Waals surface area contributed by atoms with Crippen molar-refractivity contribution in [2.45, 2.75) is 0 Å². The minimum atomic E-state index is 0. The Morgan fingerprint density at radius 3 is 2.83 bits per heavy atom. The molecule has 0 amide bonds. The van der Waals surface area contributed by atoms with Crippen LogP contribution in [-0.2, 0) is 0 Å². The highest BCUT2D eigenvalue weighted by Gasteiger charge is 2.13. The van der Waals surface area contributed by atoms with Crippen LogP contribution in [0.15, 0.2) is 12.3 Å². The van der Waals surface area contributed by atoms with Crippen molar-refractivity contribution in [2.24, 2.45) is 0 Å². The molecule has 1 aliphatic heterocycles. The first-order chi connectivity index (χ1) is 5.38. The zero-order valence-electron chi connectivity index (χ0n) is 6.32. The molecule has 1 aromatic heterocycles. The topological polar surface area (TPSA) is 57.4 Å². The molecule has 0 saturated heterocycles. The van der Waals surface area contributed by atoms with E-state index in [1.807, 2.05) is 0 Å². The smallest absolute Gasteiger partial charge is 0.203 e. The lowest BCUT2D eigenvalue weighted by molar-refractivity contribution is 0.172. The van der Waals surface area contributed by atoms with Gasteiger partial charge in [0.15, 0.2) is 11.6 Å². The van der Waals surface area contributed by atoms with Gasteiger partial charge in [0.2, 0.25) is 5.75 Å². The van der Waals surface area contributed by atoms with E-state index in [1.165, 1.54) is 0 Å². The SMILES string of the molecule is Cl.Nc1nccc2c1OCCO2. The van der Waals surface area contributed by atoms with E-state index in [0.29, 0.717) is 30.5 Å². The highest BCUT2D eigenvalue weighted by molar-refractivity contribution is 5.85. The number of halogens is 1. The van der Waals surface area contributed by atoms with Crippen LogP contribution < -0.4 is 15.2 Å². The van der Waals surface area contributed by atoms with Crippen LogP contribution in [-0.4, -0.2) is 18.2 Å². The molecule has 0 fully saturated rings. The summed E-state index contributed by atoms with van der Waals surface area (Å²) in [6, 6.07) is 1.74. The van der Waals surface area contributed by atoms with Crippen molar-refractivity contribution in [2.75, 3.05) is 18.9 Å². The van der Waals surface area contributed by atoms with E-state index in [4.69, 9.17) is 15.2 Å². The molecular formula is C7H9ClN2O2. The molecule has 0 saturated carbocycles. The number of hydrogen-bond donors (Lipinski definition) is 1. The zero-order valence-corrected chi connectivity index (χ0v) is 7.13. The Labute approximate surface area is 76.1 Å². The molecule has 2 rings (SSSR count). The van der Waals surface area contributed by atoms with Crippen molar-refractivity contribution in [3.8, 4) is 11.5 Å². The third-order valence-corrected chi connectivity index (χ3v) is 1.48. The van der Waals surface area contributed by atoms with Gasteiger partial charge in [0.1, 0.15) is 13.2 Å². The Bertz CT molecular complexity index is 280. The number of fused-ring (bicyclic) bond motifs is 1. The third-order valence-electron chi connectivity index (χ3n) is 1.48. The Balaban J connectivity index is 0.000000720. The quantitative estimate of drug-likeness (QED) is 0.656. The molecule has 0 aliphatic carbocycles. The summed E-state index contributed by atoms with van der Waals surface area (Å²) in [6.07, 6.45) is 1.60. The Morgan fingerprint density at radius 1 is 1.33 bits per heavy atom. The fraction of sp³-hybridized carbons (Fsp3) is 0.286. The van der Waals surface area contributed by atoms with Crippen LogP contribution in [0.4, 0.5) is 5.82 Å². The lowest BCUT2D eigenvalue weighted by Crippen LogP contribution is -2.16. The average Bonchev–Trinajstić information content (AvgIpc) is 2.06. The Hall–Kier alpha value is -1.16. The van der Waals surface area contributed by atoms with Crippen LogP contribution in [0.25, 0.3) is 0 Å². The van der Waals surface area contributed by atoms with E-state index in [9.17, 15) is 0 Å². The molecule has 66 valence electrons. The Morgan fingerprint density at radius 2 is 2.08 bits per heavy atom. The number of aromatic nitrogens is 1. The monoisotopic (exact) mass is 188 g/mol. The van der Waals surface area contributed by atoms with Gasteiger partial charge in [0.05, 0.1) is 0 Å². The molecule has 0 radical (unpaired) electrons. The van der Waals surface area contributed by atoms with Crippen LogP contribution in [0.5, 0.6) is 11.5 Å². The summed E-state index contributed by atoms with van der Waals surface area (Å²) in [7, 11) is 0. The lowest BCUT2D eigenvalue weighted by Gasteiger charge is -2.18. The molecule has 0 bridgehead atoms. The summed E-state index contributed by atoms with van der Waals surface area (Å²) >= 11 is 0. The highest BCUT2D eigenvalue weighted by Crippen LogP contribution is 2.33. The van der Waals surface area contributed by atoms with Crippen molar-refractivity contribution < 1.29 is 9.47 Å². The first-order valence-corrected chi connectivity index (χ1v) is 3.38. The van der Waals surface area contributed by atoms with Gasteiger partial charge in [0, 0.05) is 12.3 Å². The molecule has 0 atom stereocenters. The van der Waals surface area contributed by atoms with Crippen molar-refractivity contribution in [1.29, 1.82) is 0 Å². The molecular weight excluding hydrogens is 180 g/mol. The van der Waals surface area contributed by atoms with Crippen molar-refractivity contribution in [3.63, 3.8) is 0 Å². The highest BCUT2D eigenvalue weighted by atomic mass is 35.5. The number of rotatable bonds is 0. The molecule has 1 aromatic rings. The number of nitrogens with two attached hydrogens (primary N) is 1. The van der Waals surface area contributed by atoms with E-state index in [2.05, 4.69) is 4.98 Å². The fourth-order valence-electron chi connectivity index (χ4n) is 1.000. The first kappa shape index (κ1) is 8.93. The normalized spacial score (nSPS) is 13.3. The number of nitrogen functional groups attached to an aromatic ring is 1. The summed E-state index contributed by atoms with van der Waals surface area (Å²) in [5.74, 6) is 1.64. The van der Waals surface area contributed by atoms with Gasteiger partial charge >= 0.3 is 0 Å². The van der Waals surface area contributed by atoms with E-state index in [1.54, 1.807) is 12.3 Å². The second kappa shape index (κ2) is 3.49. The summed E-state index contributed by atoms with van der Waals surface area (Å²) in [5, 5.41) is 0. The average molecular weight is 189 g/mol. The Kier molecular flexibility index (Phi) is 2.60. The lowest BCUT2D eigenvalue weighted by atomic mass is 10.3. The zero-order chi connectivity index (χ0) is 7.68. The molecule has 12 heavy (non-hydrogen) atoms. The molecule has 5 heteroatoms. The molecule has 4 nitrogen and oxygen atoms in total. The maximum atomic E-state index is 5.53. The van der Waals surface area contributed by atoms with Gasteiger partial charge in [-0.3, -0.25) is 0 Å². The van der Waals surface area contributed by atoms with E-state index >= 15 is 0 Å². The van der Waals surface area contributed by atoms with Crippen molar-refractivity contribution in [3.05, 3.63) is 12.3 Å². The van der Waals surface area contributed by atoms with Gasteiger partial charge in [0.25, 0.3) is 0 Å². The van der Waals surface area contributed by atoms with E-state index in [0.717, 1.165) is 0 Å². The fourth-order valence-corrected chi connectivity index (χ4v) is 1.000. The van der Waals surface area contributed by atoms with Crippen LogP contribution in [0, 0.1) is 0 Å². The van der Waals surface area contributed by atoms with Gasteiger partial charge in [-0.2, -0.15) is 0 Å². The predicted octanol–water partition coefficient (Wildman–Crippen LogP) is 0.857. The number of anilines is 1. The van der Waals surface area contributed by atoms with Gasteiger partial charge < -0.3 is 15.2 Å². The maximum absolute atomic E-state index is 5.53. The largest absolute Gasteiger partial charge is 0.486 e. The molecule has 0 spiro atoms. The standard InChI is InChI=1S/C7H8N2O2.ClH/c8-7-6-5(1-2-9-7)10-3-4-11-6;/h1-2H,3-4H2,(H2,8,9);1H. The van der Waals surface area contributed by atoms with Gasteiger partial charge in [-0.1, -0.05) is 0 Å². The first-order valence-electron chi connectivity index (χ1n) is 3.38. The van der Waals surface area contributed by atoms with Crippen LogP contribution in [0.1, 0.15) is 0 Å². The molecule has 2 N–H and O–H groups in total. The maximum Gasteiger partial charge on any atom is 0.203 e. The molecule has 2 heterocycles. The molecule has 1 aliphatic rings. The van der Waals surface area contributed by atoms with Crippen molar-refractivity contribution >= 4 is 18.2 Å². The summed E-state index contributed by atoms with van der Waals surface area (Å²) < 4.78 is 10.5. The third kappa shape index (κ3) is 1.38. The predicted molar refractivity (Wildman–Crippen MR) is 46.9 cm³/mol. The van der Waals surface area contributed by atoms with Crippen LogP contribution >= 0.6 is 12.4 Å². The number of hydrogen-bond acceptors (Lipinski definition) is 4. The second-order valence-corrected chi connectivity index (χ2v) is 2.22. The van der Waals surface area contributed by atoms with Crippen LogP contribution in [0.3, 0.4) is 0 Å². The van der Waals surface area contributed by atoms with E-state index in [-0.39, 0.29) is 12.4 Å². The minimum Gasteiger partial charge on any atom is -0.486 e. The summed E-state index contributed by atoms with van der Waals surface area (Å²) in [5.41, 5.74) is 5.53. The number of nitrogens with zero attached hydrogens (tertiary/aromatic N) is 1. The number of pyridine rings is 1. The van der Waals surface area contributed by atoms with Gasteiger partial charge in [-0.05, 0) is 0 Å². The summed E-state index contributed by atoms with van der Waals surface area (Å²) in [4.78, 5) is 3.87. The van der Waals surface area contributed by atoms with Crippen molar-refractivity contribution in [1.82, 2.24) is 4.98 Å². The number of ether oxygens (including phenoxy) is 2. The molecule has 0 aromatic carbocycles. The van der Waals surface area contributed by atoms with Gasteiger partial charge in [-0.15, -0.1) is 12.4 Å². The molecule has 0 unspecified atom stereocenters. The second-order valence-electron chi connectivity index (χ2n) is 2.22. The minimum absolute atomic E-state index is 0.